The molecule has 148 valence electrons. The standard InChI is InChI=1S/C24H30N2O2/c1-18-8-6-7-11-21(18)23(27)25-22(19-9-4-3-5-10-19)24-14-12-20(13-15-24)26(24)16-17-28-2/h3-11,20,22H,12-17H2,1-2H3,(H,25,27). The highest BCUT2D eigenvalue weighted by Gasteiger charge is 2.56. The second-order valence-corrected chi connectivity index (χ2v) is 8.15. The second-order valence-electron chi connectivity index (χ2n) is 8.15. The highest BCUT2D eigenvalue weighted by molar-refractivity contribution is 5.96. The monoisotopic (exact) mass is 378 g/mol. The number of benzene rings is 2. The van der Waals surface area contributed by atoms with Gasteiger partial charge in [0, 0.05) is 30.8 Å². The van der Waals surface area contributed by atoms with Crippen LogP contribution >= 0.6 is 0 Å². The summed E-state index contributed by atoms with van der Waals surface area (Å²) in [4.78, 5) is 15.9. The quantitative estimate of drug-likeness (QED) is 0.788. The average Bonchev–Trinajstić information content (AvgIpc) is 3.26. The Kier molecular flexibility index (Phi) is 5.51. The summed E-state index contributed by atoms with van der Waals surface area (Å²) in [6, 6.07) is 18.9. The van der Waals surface area contributed by atoms with E-state index in [0.717, 1.165) is 37.1 Å². The number of ether oxygens (including phenoxy) is 1. The molecule has 2 saturated heterocycles. The molecule has 2 aliphatic rings. The van der Waals surface area contributed by atoms with Crippen molar-refractivity contribution < 1.29 is 9.53 Å². The smallest absolute Gasteiger partial charge is 0.252 e. The Bertz CT molecular complexity index is 812. The van der Waals surface area contributed by atoms with Crippen LogP contribution in [0.15, 0.2) is 54.6 Å². The molecule has 0 saturated carbocycles. The Balaban J connectivity index is 1.69. The molecule has 2 aromatic carbocycles. The van der Waals surface area contributed by atoms with E-state index >= 15 is 0 Å². The van der Waals surface area contributed by atoms with Gasteiger partial charge in [0.25, 0.3) is 5.91 Å². The lowest BCUT2D eigenvalue weighted by Crippen LogP contribution is -2.53. The third kappa shape index (κ3) is 3.36. The first-order chi connectivity index (χ1) is 13.7. The number of rotatable bonds is 7. The Morgan fingerprint density at radius 1 is 1.14 bits per heavy atom. The van der Waals surface area contributed by atoms with Crippen molar-refractivity contribution in [2.24, 2.45) is 0 Å². The zero-order chi connectivity index (χ0) is 19.6. The van der Waals surface area contributed by atoms with Gasteiger partial charge < -0.3 is 10.1 Å². The van der Waals surface area contributed by atoms with Gasteiger partial charge >= 0.3 is 0 Å². The summed E-state index contributed by atoms with van der Waals surface area (Å²) in [7, 11) is 1.76. The first kappa shape index (κ1) is 19.2. The molecule has 2 aromatic rings. The topological polar surface area (TPSA) is 41.6 Å². The summed E-state index contributed by atoms with van der Waals surface area (Å²) in [6.07, 6.45) is 4.64. The molecule has 0 radical (unpaired) electrons. The van der Waals surface area contributed by atoms with E-state index in [1.54, 1.807) is 7.11 Å². The van der Waals surface area contributed by atoms with Crippen molar-refractivity contribution in [1.82, 2.24) is 10.2 Å². The number of nitrogens with one attached hydrogen (secondary N) is 1. The highest BCUT2D eigenvalue weighted by Crippen LogP contribution is 2.52. The van der Waals surface area contributed by atoms with Crippen molar-refractivity contribution in [2.45, 2.75) is 50.2 Å². The molecule has 1 unspecified atom stereocenters. The van der Waals surface area contributed by atoms with Gasteiger partial charge in [0.05, 0.1) is 12.6 Å². The molecule has 4 heteroatoms. The number of aryl methyl sites for hydroxylation is 1. The molecule has 0 spiro atoms. The Hall–Kier alpha value is -2.17. The van der Waals surface area contributed by atoms with Crippen LogP contribution in [0.25, 0.3) is 0 Å². The molecule has 28 heavy (non-hydrogen) atoms. The number of carbonyl (C=O) groups excluding carboxylic acids is 1. The second kappa shape index (κ2) is 8.06. The molecule has 1 amide bonds. The van der Waals surface area contributed by atoms with Gasteiger partial charge in [0.2, 0.25) is 0 Å². The lowest BCUT2D eigenvalue weighted by molar-refractivity contribution is 0.0638. The predicted octanol–water partition coefficient (Wildman–Crippen LogP) is 4.11. The largest absolute Gasteiger partial charge is 0.383 e. The third-order valence-corrected chi connectivity index (χ3v) is 6.71. The molecule has 2 bridgehead atoms. The summed E-state index contributed by atoms with van der Waals surface area (Å²) in [5.74, 6) is 0.0170. The molecule has 4 nitrogen and oxygen atoms in total. The minimum atomic E-state index is -0.0249. The van der Waals surface area contributed by atoms with Crippen molar-refractivity contribution in [1.29, 1.82) is 0 Å². The van der Waals surface area contributed by atoms with Crippen molar-refractivity contribution in [3.05, 3.63) is 71.3 Å². The number of hydrogen-bond acceptors (Lipinski definition) is 3. The minimum absolute atomic E-state index is 0.0170. The van der Waals surface area contributed by atoms with Crippen LogP contribution in [0.5, 0.6) is 0 Å². The zero-order valence-corrected chi connectivity index (χ0v) is 16.9. The van der Waals surface area contributed by atoms with E-state index in [-0.39, 0.29) is 17.5 Å². The van der Waals surface area contributed by atoms with Gasteiger partial charge in [-0.15, -0.1) is 0 Å². The van der Waals surface area contributed by atoms with Crippen LogP contribution < -0.4 is 5.32 Å². The van der Waals surface area contributed by atoms with Gasteiger partial charge in [-0.3, -0.25) is 9.69 Å². The number of nitrogens with zero attached hydrogens (tertiary/aromatic N) is 1. The van der Waals surface area contributed by atoms with Crippen LogP contribution in [0.1, 0.15) is 53.2 Å². The van der Waals surface area contributed by atoms with Gasteiger partial charge in [0.1, 0.15) is 0 Å². The number of amides is 1. The van der Waals surface area contributed by atoms with E-state index in [1.165, 1.54) is 18.4 Å². The SMILES string of the molecule is COCCN1C2CCC1(C(NC(=O)c1ccccc1C)c1ccccc1)CC2. The fraction of sp³-hybridized carbons (Fsp3) is 0.458. The molecule has 2 fully saturated rings. The fourth-order valence-corrected chi connectivity index (χ4v) is 5.32. The normalized spacial score (nSPS) is 25.0. The van der Waals surface area contributed by atoms with Gasteiger partial charge in [-0.1, -0.05) is 48.5 Å². The van der Waals surface area contributed by atoms with Crippen molar-refractivity contribution in [3.8, 4) is 0 Å². The maximum absolute atomic E-state index is 13.2. The third-order valence-electron chi connectivity index (χ3n) is 6.71. The maximum Gasteiger partial charge on any atom is 0.252 e. The molecule has 2 aliphatic heterocycles. The van der Waals surface area contributed by atoms with Gasteiger partial charge in [-0.2, -0.15) is 0 Å². The van der Waals surface area contributed by atoms with Crippen LogP contribution in [0.3, 0.4) is 0 Å². The summed E-state index contributed by atoms with van der Waals surface area (Å²) in [5, 5.41) is 3.44. The van der Waals surface area contributed by atoms with Crippen molar-refractivity contribution in [2.75, 3.05) is 20.3 Å². The molecule has 0 aliphatic carbocycles. The van der Waals surface area contributed by atoms with Crippen molar-refractivity contribution >= 4 is 5.91 Å². The highest BCUT2D eigenvalue weighted by atomic mass is 16.5. The molecule has 0 aromatic heterocycles. The molecule has 1 N–H and O–H groups in total. The van der Waals surface area contributed by atoms with E-state index in [4.69, 9.17) is 4.74 Å². The molecule has 4 rings (SSSR count). The van der Waals surface area contributed by atoms with Gasteiger partial charge in [0.15, 0.2) is 0 Å². The first-order valence-corrected chi connectivity index (χ1v) is 10.3. The Labute approximate surface area is 167 Å². The molecule has 1 atom stereocenters. The lowest BCUT2D eigenvalue weighted by Gasteiger charge is -2.42. The molecular formula is C24H30N2O2. The lowest BCUT2D eigenvalue weighted by atomic mass is 9.78. The van der Waals surface area contributed by atoms with E-state index in [2.05, 4.69) is 34.5 Å². The molecular weight excluding hydrogens is 348 g/mol. The Morgan fingerprint density at radius 2 is 1.82 bits per heavy atom. The van der Waals surface area contributed by atoms with Crippen LogP contribution in [0, 0.1) is 6.92 Å². The first-order valence-electron chi connectivity index (χ1n) is 10.3. The summed E-state index contributed by atoms with van der Waals surface area (Å²) >= 11 is 0. The maximum atomic E-state index is 13.2. The zero-order valence-electron chi connectivity index (χ0n) is 16.9. The van der Waals surface area contributed by atoms with Gasteiger partial charge in [-0.05, 0) is 49.8 Å². The summed E-state index contributed by atoms with van der Waals surface area (Å²) < 4.78 is 5.40. The fourth-order valence-electron chi connectivity index (χ4n) is 5.32. The summed E-state index contributed by atoms with van der Waals surface area (Å²) in [5.41, 5.74) is 2.93. The van der Waals surface area contributed by atoms with E-state index < -0.39 is 0 Å². The number of fused-ring (bicyclic) bond motifs is 2. The number of methoxy groups -OCH3 is 1. The van der Waals surface area contributed by atoms with Crippen LogP contribution in [0.2, 0.25) is 0 Å². The molecule has 2 heterocycles. The van der Waals surface area contributed by atoms with E-state index in [0.29, 0.717) is 6.04 Å². The van der Waals surface area contributed by atoms with Gasteiger partial charge in [-0.25, -0.2) is 0 Å². The number of carbonyl (C=O) groups is 1. The van der Waals surface area contributed by atoms with Crippen LogP contribution in [-0.4, -0.2) is 42.6 Å². The Morgan fingerprint density at radius 3 is 2.50 bits per heavy atom. The van der Waals surface area contributed by atoms with Crippen LogP contribution in [0.4, 0.5) is 0 Å². The number of hydrogen-bond donors (Lipinski definition) is 1. The van der Waals surface area contributed by atoms with Crippen LogP contribution in [-0.2, 0) is 4.74 Å². The van der Waals surface area contributed by atoms with Crippen molar-refractivity contribution in [3.63, 3.8) is 0 Å². The predicted molar refractivity (Wildman–Crippen MR) is 111 cm³/mol. The average molecular weight is 379 g/mol. The minimum Gasteiger partial charge on any atom is -0.383 e. The van der Waals surface area contributed by atoms with E-state index in [9.17, 15) is 4.79 Å². The summed E-state index contributed by atoms with van der Waals surface area (Å²) in [6.45, 7) is 3.65. The van der Waals surface area contributed by atoms with E-state index in [1.807, 2.05) is 37.3 Å².